The maximum atomic E-state index is 14.0. The van der Waals surface area contributed by atoms with Gasteiger partial charge in [-0.1, -0.05) is 6.07 Å². The predicted octanol–water partition coefficient (Wildman–Crippen LogP) is 2.64. The second-order valence-corrected chi connectivity index (χ2v) is 5.22. The Kier molecular flexibility index (Phi) is 3.39. The van der Waals surface area contributed by atoms with Gasteiger partial charge < -0.3 is 9.64 Å². The highest BCUT2D eigenvalue weighted by atomic mass is 19.1. The van der Waals surface area contributed by atoms with Crippen LogP contribution in [0.2, 0.25) is 0 Å². The van der Waals surface area contributed by atoms with Gasteiger partial charge in [0.2, 0.25) is 0 Å². The van der Waals surface area contributed by atoms with Gasteiger partial charge in [-0.15, -0.1) is 0 Å². The van der Waals surface area contributed by atoms with E-state index in [0.29, 0.717) is 30.9 Å². The molecule has 0 N–H and O–H groups in total. The molecule has 0 spiro atoms. The van der Waals surface area contributed by atoms with Gasteiger partial charge in [-0.05, 0) is 32.9 Å². The van der Waals surface area contributed by atoms with Crippen LogP contribution in [0.1, 0.15) is 31.1 Å². The van der Waals surface area contributed by atoms with E-state index in [-0.39, 0.29) is 17.2 Å². The zero-order valence-corrected chi connectivity index (χ0v) is 11.0. The highest BCUT2D eigenvalue weighted by Gasteiger charge is 2.30. The van der Waals surface area contributed by atoms with Crippen LogP contribution in [0.25, 0.3) is 0 Å². The molecule has 0 aliphatic carbocycles. The molecule has 3 nitrogen and oxygen atoms in total. The minimum absolute atomic E-state index is 0.117. The minimum atomic E-state index is -0.347. The van der Waals surface area contributed by atoms with Crippen molar-refractivity contribution in [2.24, 2.45) is 0 Å². The SMILES string of the molecule is CC(=O)c1cccc(F)c1N1CCOC(C)(C)C1. The van der Waals surface area contributed by atoms with Crippen molar-refractivity contribution in [1.29, 1.82) is 0 Å². The molecule has 0 amide bonds. The molecule has 0 bridgehead atoms. The van der Waals surface area contributed by atoms with Crippen molar-refractivity contribution in [1.82, 2.24) is 0 Å². The molecule has 2 rings (SSSR count). The lowest BCUT2D eigenvalue weighted by atomic mass is 10.0. The number of para-hydroxylation sites is 1. The molecule has 1 aromatic carbocycles. The quantitative estimate of drug-likeness (QED) is 0.757. The first-order chi connectivity index (χ1) is 8.41. The van der Waals surface area contributed by atoms with Crippen molar-refractivity contribution < 1.29 is 13.9 Å². The Bertz CT molecular complexity index is 471. The van der Waals surface area contributed by atoms with Crippen LogP contribution in [0, 0.1) is 5.82 Å². The molecule has 1 aliphatic rings. The summed E-state index contributed by atoms with van der Waals surface area (Å²) in [4.78, 5) is 13.5. The van der Waals surface area contributed by atoms with Crippen molar-refractivity contribution in [2.75, 3.05) is 24.6 Å². The number of hydrogen-bond donors (Lipinski definition) is 0. The summed E-state index contributed by atoms with van der Waals surface area (Å²) in [6.45, 7) is 7.11. The lowest BCUT2D eigenvalue weighted by Crippen LogP contribution is -2.49. The zero-order valence-electron chi connectivity index (χ0n) is 11.0. The first kappa shape index (κ1) is 13.0. The third-order valence-corrected chi connectivity index (χ3v) is 3.11. The molecule has 0 unspecified atom stereocenters. The molecule has 0 aromatic heterocycles. The molecule has 0 saturated carbocycles. The van der Waals surface area contributed by atoms with Crippen LogP contribution in [0.5, 0.6) is 0 Å². The van der Waals surface area contributed by atoms with E-state index in [1.165, 1.54) is 13.0 Å². The summed E-state index contributed by atoms with van der Waals surface area (Å²) in [7, 11) is 0. The van der Waals surface area contributed by atoms with E-state index in [1.54, 1.807) is 12.1 Å². The zero-order chi connectivity index (χ0) is 13.3. The molecular formula is C14H18FNO2. The van der Waals surface area contributed by atoms with E-state index in [0.717, 1.165) is 0 Å². The molecule has 1 fully saturated rings. The topological polar surface area (TPSA) is 29.5 Å². The van der Waals surface area contributed by atoms with Gasteiger partial charge in [0.25, 0.3) is 0 Å². The highest BCUT2D eigenvalue weighted by Crippen LogP contribution is 2.29. The third-order valence-electron chi connectivity index (χ3n) is 3.11. The number of ketones is 1. The van der Waals surface area contributed by atoms with E-state index in [2.05, 4.69) is 0 Å². The van der Waals surface area contributed by atoms with Crippen molar-refractivity contribution >= 4 is 11.5 Å². The Hall–Kier alpha value is -1.42. The maximum Gasteiger partial charge on any atom is 0.161 e. The fourth-order valence-corrected chi connectivity index (χ4v) is 2.33. The standard InChI is InChI=1S/C14H18FNO2/c1-10(17)11-5-4-6-12(15)13(11)16-7-8-18-14(2,3)9-16/h4-6H,7-9H2,1-3H3. The predicted molar refractivity (Wildman–Crippen MR) is 68.6 cm³/mol. The van der Waals surface area contributed by atoms with Gasteiger partial charge in [0.15, 0.2) is 5.78 Å². The largest absolute Gasteiger partial charge is 0.372 e. The molecule has 0 atom stereocenters. The summed E-state index contributed by atoms with van der Waals surface area (Å²) in [5.74, 6) is -0.464. The van der Waals surface area contributed by atoms with E-state index >= 15 is 0 Å². The Balaban J connectivity index is 2.41. The number of rotatable bonds is 2. The molecule has 0 radical (unpaired) electrons. The number of nitrogens with zero attached hydrogens (tertiary/aromatic N) is 1. The fraction of sp³-hybridized carbons (Fsp3) is 0.500. The number of benzene rings is 1. The van der Waals surface area contributed by atoms with Crippen molar-refractivity contribution in [3.05, 3.63) is 29.6 Å². The number of morpholine rings is 1. The normalized spacial score (nSPS) is 18.8. The molecular weight excluding hydrogens is 233 g/mol. The van der Waals surface area contributed by atoms with Crippen LogP contribution in [0.4, 0.5) is 10.1 Å². The number of carbonyl (C=O) groups excluding carboxylic acids is 1. The molecule has 18 heavy (non-hydrogen) atoms. The molecule has 4 heteroatoms. The Labute approximate surface area is 107 Å². The van der Waals surface area contributed by atoms with Crippen molar-refractivity contribution in [3.63, 3.8) is 0 Å². The van der Waals surface area contributed by atoms with Gasteiger partial charge in [0, 0.05) is 18.7 Å². The maximum absolute atomic E-state index is 14.0. The first-order valence-electron chi connectivity index (χ1n) is 6.09. The first-order valence-corrected chi connectivity index (χ1v) is 6.09. The number of Topliss-reactive ketones (excluding diaryl/α,β-unsaturated/α-hetero) is 1. The summed E-state index contributed by atoms with van der Waals surface area (Å²) < 4.78 is 19.6. The number of carbonyl (C=O) groups is 1. The Morgan fingerprint density at radius 1 is 1.44 bits per heavy atom. The fourth-order valence-electron chi connectivity index (χ4n) is 2.33. The van der Waals surface area contributed by atoms with Crippen LogP contribution in [0.3, 0.4) is 0 Å². The van der Waals surface area contributed by atoms with Crippen LogP contribution in [-0.4, -0.2) is 31.1 Å². The molecule has 1 saturated heterocycles. The van der Waals surface area contributed by atoms with Gasteiger partial charge in [0.1, 0.15) is 5.82 Å². The Morgan fingerprint density at radius 3 is 2.78 bits per heavy atom. The number of hydrogen-bond acceptors (Lipinski definition) is 3. The minimum Gasteiger partial charge on any atom is -0.372 e. The molecule has 98 valence electrons. The summed E-state index contributed by atoms with van der Waals surface area (Å²) in [5.41, 5.74) is 0.517. The highest BCUT2D eigenvalue weighted by molar-refractivity contribution is 5.99. The van der Waals surface area contributed by atoms with Gasteiger partial charge >= 0.3 is 0 Å². The van der Waals surface area contributed by atoms with E-state index in [9.17, 15) is 9.18 Å². The van der Waals surface area contributed by atoms with Crippen molar-refractivity contribution in [3.8, 4) is 0 Å². The smallest absolute Gasteiger partial charge is 0.161 e. The van der Waals surface area contributed by atoms with Crippen LogP contribution in [-0.2, 0) is 4.74 Å². The third kappa shape index (κ3) is 2.53. The lowest BCUT2D eigenvalue weighted by Gasteiger charge is -2.40. The van der Waals surface area contributed by atoms with Gasteiger partial charge in [-0.3, -0.25) is 4.79 Å². The monoisotopic (exact) mass is 251 g/mol. The molecule has 1 aromatic rings. The van der Waals surface area contributed by atoms with Crippen LogP contribution < -0.4 is 4.90 Å². The Morgan fingerprint density at radius 2 is 2.17 bits per heavy atom. The van der Waals surface area contributed by atoms with Crippen LogP contribution in [0.15, 0.2) is 18.2 Å². The van der Waals surface area contributed by atoms with E-state index in [1.807, 2.05) is 18.7 Å². The summed E-state index contributed by atoms with van der Waals surface area (Å²) in [6.07, 6.45) is 0. The van der Waals surface area contributed by atoms with Crippen LogP contribution >= 0.6 is 0 Å². The number of anilines is 1. The second-order valence-electron chi connectivity index (χ2n) is 5.22. The average Bonchev–Trinajstić information content (AvgIpc) is 2.27. The molecule has 1 aliphatic heterocycles. The van der Waals surface area contributed by atoms with E-state index < -0.39 is 0 Å². The van der Waals surface area contributed by atoms with E-state index in [4.69, 9.17) is 4.74 Å². The number of ether oxygens (including phenoxy) is 1. The average molecular weight is 251 g/mol. The molecule has 1 heterocycles. The summed E-state index contributed by atoms with van der Waals surface area (Å²) in [6, 6.07) is 4.63. The second kappa shape index (κ2) is 4.69. The lowest BCUT2D eigenvalue weighted by molar-refractivity contribution is -0.0278. The van der Waals surface area contributed by atoms with Gasteiger partial charge in [-0.25, -0.2) is 4.39 Å². The number of halogens is 1. The van der Waals surface area contributed by atoms with Gasteiger partial charge in [0.05, 0.1) is 17.9 Å². The van der Waals surface area contributed by atoms with Crippen molar-refractivity contribution in [2.45, 2.75) is 26.4 Å². The summed E-state index contributed by atoms with van der Waals surface area (Å²) in [5, 5.41) is 0. The van der Waals surface area contributed by atoms with Gasteiger partial charge in [-0.2, -0.15) is 0 Å². The summed E-state index contributed by atoms with van der Waals surface area (Å²) >= 11 is 0.